The predicted molar refractivity (Wildman–Crippen MR) is 62.3 cm³/mol. The Labute approximate surface area is 103 Å². The highest BCUT2D eigenvalue weighted by Gasteiger charge is 2.27. The van der Waals surface area contributed by atoms with Crippen molar-refractivity contribution in [3.05, 3.63) is 29.8 Å². The van der Waals surface area contributed by atoms with Crippen LogP contribution in [-0.4, -0.2) is 25.8 Å². The van der Waals surface area contributed by atoms with Gasteiger partial charge >= 0.3 is 12.2 Å². The van der Waals surface area contributed by atoms with Crippen molar-refractivity contribution >= 4 is 11.7 Å². The highest BCUT2D eigenvalue weighted by molar-refractivity contribution is 5.89. The van der Waals surface area contributed by atoms with Crippen LogP contribution in [0.15, 0.2) is 24.3 Å². The Balaban J connectivity index is 2.51. The van der Waals surface area contributed by atoms with Gasteiger partial charge in [0.05, 0.1) is 0 Å². The first-order valence-electron chi connectivity index (χ1n) is 5.26. The number of urea groups is 1. The molecule has 1 aromatic rings. The number of carbonyl (C=O) groups is 1. The minimum atomic E-state index is -4.41. The third-order valence-electron chi connectivity index (χ3n) is 2.02. The third kappa shape index (κ3) is 5.53. The summed E-state index contributed by atoms with van der Waals surface area (Å²) in [5, 5.41) is 7.00. The summed E-state index contributed by atoms with van der Waals surface area (Å²) in [6.07, 6.45) is -4.41. The molecule has 0 fully saturated rings. The molecule has 0 aliphatic rings. The molecule has 100 valence electrons. The van der Waals surface area contributed by atoms with E-state index >= 15 is 0 Å². The number of nitrogens with one attached hydrogen (secondary N) is 3. The molecular formula is C11H14F3N3O. The molecule has 0 unspecified atom stereocenters. The smallest absolute Gasteiger partial charge is 0.329 e. The fourth-order valence-electron chi connectivity index (χ4n) is 1.32. The molecule has 0 aliphatic heterocycles. The van der Waals surface area contributed by atoms with E-state index in [0.717, 1.165) is 5.56 Å². The number of rotatable bonds is 4. The standard InChI is InChI=1S/C11H14F3N3O/c1-15-6-8-3-2-4-9(5-8)17-10(18)16-7-11(12,13)14/h2-5,15H,6-7H2,1H3,(H2,16,17,18). The van der Waals surface area contributed by atoms with E-state index in [0.29, 0.717) is 12.2 Å². The van der Waals surface area contributed by atoms with Gasteiger partial charge in [-0.05, 0) is 24.7 Å². The van der Waals surface area contributed by atoms with Crippen molar-refractivity contribution in [2.24, 2.45) is 0 Å². The minimum Gasteiger partial charge on any atom is -0.329 e. The molecule has 1 aromatic carbocycles. The van der Waals surface area contributed by atoms with Gasteiger partial charge in [-0.3, -0.25) is 0 Å². The van der Waals surface area contributed by atoms with E-state index in [1.165, 1.54) is 0 Å². The topological polar surface area (TPSA) is 53.2 Å². The number of alkyl halides is 3. The van der Waals surface area contributed by atoms with Crippen molar-refractivity contribution in [2.45, 2.75) is 12.7 Å². The fraction of sp³-hybridized carbons (Fsp3) is 0.364. The van der Waals surface area contributed by atoms with Crippen LogP contribution in [0.2, 0.25) is 0 Å². The highest BCUT2D eigenvalue weighted by Crippen LogP contribution is 2.13. The number of benzene rings is 1. The zero-order chi connectivity index (χ0) is 13.6. The number of carbonyl (C=O) groups excluding carboxylic acids is 1. The summed E-state index contributed by atoms with van der Waals surface area (Å²) in [7, 11) is 1.77. The van der Waals surface area contributed by atoms with Gasteiger partial charge in [0.15, 0.2) is 0 Å². The molecule has 0 saturated heterocycles. The summed E-state index contributed by atoms with van der Waals surface area (Å²) < 4.78 is 35.6. The van der Waals surface area contributed by atoms with Gasteiger partial charge in [-0.2, -0.15) is 13.2 Å². The number of anilines is 1. The van der Waals surface area contributed by atoms with E-state index < -0.39 is 18.8 Å². The van der Waals surface area contributed by atoms with Gasteiger partial charge in [0.1, 0.15) is 6.54 Å². The van der Waals surface area contributed by atoms with Gasteiger partial charge in [0, 0.05) is 12.2 Å². The van der Waals surface area contributed by atoms with Crippen molar-refractivity contribution < 1.29 is 18.0 Å². The molecule has 4 nitrogen and oxygen atoms in total. The average molecular weight is 261 g/mol. The normalized spacial score (nSPS) is 11.1. The molecule has 2 amide bonds. The van der Waals surface area contributed by atoms with E-state index in [1.807, 2.05) is 6.07 Å². The van der Waals surface area contributed by atoms with Crippen molar-refractivity contribution in [2.75, 3.05) is 18.9 Å². The monoisotopic (exact) mass is 261 g/mol. The van der Waals surface area contributed by atoms with Crippen molar-refractivity contribution in [1.29, 1.82) is 0 Å². The fourth-order valence-corrected chi connectivity index (χ4v) is 1.32. The lowest BCUT2D eigenvalue weighted by atomic mass is 10.2. The lowest BCUT2D eigenvalue weighted by molar-refractivity contribution is -0.122. The summed E-state index contributed by atoms with van der Waals surface area (Å²) in [5.41, 5.74) is 1.37. The van der Waals surface area contributed by atoms with Gasteiger partial charge in [-0.15, -0.1) is 0 Å². The van der Waals surface area contributed by atoms with Crippen LogP contribution in [0.25, 0.3) is 0 Å². The third-order valence-corrected chi connectivity index (χ3v) is 2.02. The van der Waals surface area contributed by atoms with Gasteiger partial charge in [0.2, 0.25) is 0 Å². The summed E-state index contributed by atoms with van der Waals surface area (Å²) in [6.45, 7) is -0.741. The summed E-state index contributed by atoms with van der Waals surface area (Å²) in [4.78, 5) is 11.2. The van der Waals surface area contributed by atoms with Crippen LogP contribution < -0.4 is 16.0 Å². The first-order valence-corrected chi connectivity index (χ1v) is 5.26. The number of hydrogen-bond donors (Lipinski definition) is 3. The molecule has 0 spiro atoms. The lowest BCUT2D eigenvalue weighted by Crippen LogP contribution is -2.36. The van der Waals surface area contributed by atoms with Crippen LogP contribution in [-0.2, 0) is 6.54 Å². The lowest BCUT2D eigenvalue weighted by Gasteiger charge is -2.10. The SMILES string of the molecule is CNCc1cccc(NC(=O)NCC(F)(F)F)c1. The average Bonchev–Trinajstić information content (AvgIpc) is 2.26. The highest BCUT2D eigenvalue weighted by atomic mass is 19.4. The molecule has 0 bridgehead atoms. The maximum absolute atomic E-state index is 11.9. The van der Waals surface area contributed by atoms with Crippen molar-refractivity contribution in [3.8, 4) is 0 Å². The molecule has 1 rings (SSSR count). The summed E-state index contributed by atoms with van der Waals surface area (Å²) in [6, 6.07) is 5.96. The van der Waals surface area contributed by atoms with E-state index in [2.05, 4.69) is 10.6 Å². The number of amides is 2. The largest absolute Gasteiger partial charge is 0.405 e. The summed E-state index contributed by atoms with van der Waals surface area (Å²) in [5.74, 6) is 0. The molecule has 0 aromatic heterocycles. The van der Waals surface area contributed by atoms with Crippen LogP contribution in [0.4, 0.5) is 23.7 Å². The summed E-state index contributed by atoms with van der Waals surface area (Å²) >= 11 is 0. The Kier molecular flexibility index (Phi) is 4.96. The second-order valence-electron chi connectivity index (χ2n) is 3.65. The molecule has 0 saturated carbocycles. The van der Waals surface area contributed by atoms with Gasteiger partial charge in [0.25, 0.3) is 0 Å². The van der Waals surface area contributed by atoms with E-state index in [-0.39, 0.29) is 0 Å². The molecule has 3 N–H and O–H groups in total. The number of halogens is 3. The maximum Gasteiger partial charge on any atom is 0.405 e. The van der Waals surface area contributed by atoms with Gasteiger partial charge in [-0.25, -0.2) is 4.79 Å². The second-order valence-corrected chi connectivity index (χ2v) is 3.65. The molecule has 0 aliphatic carbocycles. The van der Waals surface area contributed by atoms with Crippen molar-refractivity contribution in [3.63, 3.8) is 0 Å². The predicted octanol–water partition coefficient (Wildman–Crippen LogP) is 2.09. The quantitative estimate of drug-likeness (QED) is 0.777. The van der Waals surface area contributed by atoms with Gasteiger partial charge < -0.3 is 16.0 Å². The molecule has 0 atom stereocenters. The molecular weight excluding hydrogens is 247 g/mol. The van der Waals surface area contributed by atoms with Crippen LogP contribution in [0.3, 0.4) is 0 Å². The Morgan fingerprint density at radius 1 is 1.33 bits per heavy atom. The van der Waals surface area contributed by atoms with Crippen LogP contribution >= 0.6 is 0 Å². The van der Waals surface area contributed by atoms with Gasteiger partial charge in [-0.1, -0.05) is 12.1 Å². The zero-order valence-electron chi connectivity index (χ0n) is 9.77. The Morgan fingerprint density at radius 2 is 2.06 bits per heavy atom. The Hall–Kier alpha value is -1.76. The van der Waals surface area contributed by atoms with Crippen LogP contribution in [0.5, 0.6) is 0 Å². The first-order chi connectivity index (χ1) is 8.40. The second kappa shape index (κ2) is 6.25. The molecule has 0 radical (unpaired) electrons. The number of hydrogen-bond acceptors (Lipinski definition) is 2. The van der Waals surface area contributed by atoms with E-state index in [1.54, 1.807) is 30.6 Å². The Morgan fingerprint density at radius 3 is 2.67 bits per heavy atom. The molecule has 0 heterocycles. The molecule has 7 heteroatoms. The zero-order valence-corrected chi connectivity index (χ0v) is 9.77. The minimum absolute atomic E-state index is 0.447. The van der Waals surface area contributed by atoms with E-state index in [4.69, 9.17) is 0 Å². The van der Waals surface area contributed by atoms with Crippen LogP contribution in [0.1, 0.15) is 5.56 Å². The Bertz CT molecular complexity index is 407. The molecule has 18 heavy (non-hydrogen) atoms. The van der Waals surface area contributed by atoms with Crippen molar-refractivity contribution in [1.82, 2.24) is 10.6 Å². The first kappa shape index (κ1) is 14.3. The maximum atomic E-state index is 11.9. The van der Waals surface area contributed by atoms with E-state index in [9.17, 15) is 18.0 Å². The van der Waals surface area contributed by atoms with Crippen LogP contribution in [0, 0.1) is 0 Å².